The fourth-order valence-electron chi connectivity index (χ4n) is 0.974. The summed E-state index contributed by atoms with van der Waals surface area (Å²) in [7, 11) is 0. The molecule has 0 saturated heterocycles. The highest BCUT2D eigenvalue weighted by Gasteiger charge is 2.02. The van der Waals surface area contributed by atoms with Gasteiger partial charge in [-0.2, -0.15) is 0 Å². The quantitative estimate of drug-likeness (QED) is 0.741. The minimum atomic E-state index is -0.397. The second kappa shape index (κ2) is 5.25. The van der Waals surface area contributed by atoms with Crippen molar-refractivity contribution in [3.8, 4) is 17.6 Å². The van der Waals surface area contributed by atoms with Gasteiger partial charge in [0.05, 0.1) is 0 Å². The van der Waals surface area contributed by atoms with Crippen LogP contribution in [0.15, 0.2) is 18.2 Å². The molecule has 0 aliphatic rings. The van der Waals surface area contributed by atoms with E-state index in [0.717, 1.165) is 5.56 Å². The SMILES string of the molecule is CC#CCOc1ccc(CN)cc1F. The molecular formula is C11H12FNO. The van der Waals surface area contributed by atoms with Crippen LogP contribution < -0.4 is 10.5 Å². The molecule has 2 nitrogen and oxygen atoms in total. The van der Waals surface area contributed by atoms with Crippen LogP contribution in [0.4, 0.5) is 4.39 Å². The van der Waals surface area contributed by atoms with Gasteiger partial charge in [0.25, 0.3) is 0 Å². The maximum Gasteiger partial charge on any atom is 0.165 e. The van der Waals surface area contributed by atoms with Gasteiger partial charge >= 0.3 is 0 Å². The summed E-state index contributed by atoms with van der Waals surface area (Å²) in [5.74, 6) is 5.17. The molecule has 0 heterocycles. The Hall–Kier alpha value is -1.53. The smallest absolute Gasteiger partial charge is 0.165 e. The maximum atomic E-state index is 13.2. The third-order valence-corrected chi connectivity index (χ3v) is 1.71. The lowest BCUT2D eigenvalue weighted by Gasteiger charge is -2.04. The summed E-state index contributed by atoms with van der Waals surface area (Å²) in [6.07, 6.45) is 0. The third kappa shape index (κ3) is 2.75. The molecule has 0 aliphatic heterocycles. The largest absolute Gasteiger partial charge is 0.478 e. The van der Waals surface area contributed by atoms with E-state index in [1.165, 1.54) is 6.07 Å². The van der Waals surface area contributed by atoms with Crippen molar-refractivity contribution in [2.24, 2.45) is 5.73 Å². The summed E-state index contributed by atoms with van der Waals surface area (Å²) >= 11 is 0. The summed E-state index contributed by atoms with van der Waals surface area (Å²) < 4.78 is 18.3. The predicted octanol–water partition coefficient (Wildman–Crippen LogP) is 1.69. The molecule has 0 aliphatic carbocycles. The Labute approximate surface area is 82.9 Å². The van der Waals surface area contributed by atoms with Crippen LogP contribution in [0.5, 0.6) is 5.75 Å². The van der Waals surface area contributed by atoms with Gasteiger partial charge < -0.3 is 10.5 Å². The molecule has 0 spiro atoms. The van der Waals surface area contributed by atoms with Gasteiger partial charge in [-0.1, -0.05) is 12.0 Å². The van der Waals surface area contributed by atoms with Crippen LogP contribution >= 0.6 is 0 Å². The number of nitrogens with two attached hydrogens (primary N) is 1. The lowest BCUT2D eigenvalue weighted by Crippen LogP contribution is -2.00. The van der Waals surface area contributed by atoms with E-state index in [9.17, 15) is 4.39 Å². The summed E-state index contributed by atoms with van der Waals surface area (Å²) in [5, 5.41) is 0. The van der Waals surface area contributed by atoms with Crippen molar-refractivity contribution in [1.82, 2.24) is 0 Å². The van der Waals surface area contributed by atoms with Crippen LogP contribution in [0, 0.1) is 17.7 Å². The molecule has 3 heteroatoms. The van der Waals surface area contributed by atoms with Crippen LogP contribution in [-0.4, -0.2) is 6.61 Å². The number of hydrogen-bond acceptors (Lipinski definition) is 2. The Kier molecular flexibility index (Phi) is 3.96. The normalized spacial score (nSPS) is 9.07. The van der Waals surface area contributed by atoms with Gasteiger partial charge in [0.1, 0.15) is 6.61 Å². The van der Waals surface area contributed by atoms with Crippen molar-refractivity contribution in [2.45, 2.75) is 13.5 Å². The molecule has 0 unspecified atom stereocenters. The molecule has 0 aromatic heterocycles. The maximum absolute atomic E-state index is 13.2. The molecule has 14 heavy (non-hydrogen) atoms. The second-order valence-corrected chi connectivity index (χ2v) is 2.68. The highest BCUT2D eigenvalue weighted by Crippen LogP contribution is 2.17. The van der Waals surface area contributed by atoms with Gasteiger partial charge in [-0.05, 0) is 24.6 Å². The Morgan fingerprint density at radius 1 is 1.50 bits per heavy atom. The molecule has 1 aromatic rings. The molecule has 0 atom stereocenters. The topological polar surface area (TPSA) is 35.2 Å². The van der Waals surface area contributed by atoms with Gasteiger partial charge in [0.2, 0.25) is 0 Å². The molecule has 1 aromatic carbocycles. The first-order valence-corrected chi connectivity index (χ1v) is 4.29. The van der Waals surface area contributed by atoms with Crippen LogP contribution in [0.25, 0.3) is 0 Å². The first-order valence-electron chi connectivity index (χ1n) is 4.29. The molecule has 0 amide bonds. The summed E-state index contributed by atoms with van der Waals surface area (Å²) in [5.41, 5.74) is 6.11. The zero-order valence-electron chi connectivity index (χ0n) is 8.01. The number of ether oxygens (including phenoxy) is 1. The van der Waals surface area contributed by atoms with Crippen molar-refractivity contribution in [1.29, 1.82) is 0 Å². The van der Waals surface area contributed by atoms with Crippen LogP contribution in [0.2, 0.25) is 0 Å². The summed E-state index contributed by atoms with van der Waals surface area (Å²) in [4.78, 5) is 0. The van der Waals surface area contributed by atoms with Crippen molar-refractivity contribution in [3.05, 3.63) is 29.6 Å². The minimum Gasteiger partial charge on any atom is -0.478 e. The Balaban J connectivity index is 2.71. The Bertz CT molecular complexity index is 365. The fraction of sp³-hybridized carbons (Fsp3) is 0.273. The molecule has 0 radical (unpaired) electrons. The van der Waals surface area contributed by atoms with E-state index < -0.39 is 5.82 Å². The zero-order valence-corrected chi connectivity index (χ0v) is 8.01. The minimum absolute atomic E-state index is 0.204. The molecule has 74 valence electrons. The molecule has 0 saturated carbocycles. The highest BCUT2D eigenvalue weighted by molar-refractivity contribution is 5.29. The van der Waals surface area contributed by atoms with Crippen LogP contribution in [0.1, 0.15) is 12.5 Å². The monoisotopic (exact) mass is 193 g/mol. The van der Waals surface area contributed by atoms with Crippen molar-refractivity contribution in [3.63, 3.8) is 0 Å². The molecule has 0 fully saturated rings. The van der Waals surface area contributed by atoms with E-state index in [1.54, 1.807) is 19.1 Å². The van der Waals surface area contributed by atoms with E-state index in [1.807, 2.05) is 0 Å². The Morgan fingerprint density at radius 3 is 2.86 bits per heavy atom. The first-order chi connectivity index (χ1) is 6.77. The third-order valence-electron chi connectivity index (χ3n) is 1.71. The molecule has 1 rings (SSSR count). The number of hydrogen-bond donors (Lipinski definition) is 1. The van der Waals surface area contributed by atoms with Crippen LogP contribution in [-0.2, 0) is 6.54 Å². The molecule has 2 N–H and O–H groups in total. The lowest BCUT2D eigenvalue weighted by atomic mass is 10.2. The lowest BCUT2D eigenvalue weighted by molar-refractivity contribution is 0.348. The Morgan fingerprint density at radius 2 is 2.29 bits per heavy atom. The van der Waals surface area contributed by atoms with Gasteiger partial charge in [0.15, 0.2) is 11.6 Å². The van der Waals surface area contributed by atoms with Crippen molar-refractivity contribution >= 4 is 0 Å². The van der Waals surface area contributed by atoms with Gasteiger partial charge in [0, 0.05) is 6.54 Å². The van der Waals surface area contributed by atoms with Gasteiger partial charge in [-0.3, -0.25) is 0 Å². The summed E-state index contributed by atoms with van der Waals surface area (Å²) in [6.45, 7) is 2.23. The standard InChI is InChI=1S/C11H12FNO/c1-2-3-6-14-11-5-4-9(8-13)7-10(11)12/h4-5,7H,6,8,13H2,1H3. The average Bonchev–Trinajstić information content (AvgIpc) is 2.20. The van der Waals surface area contributed by atoms with Gasteiger partial charge in [-0.25, -0.2) is 4.39 Å². The predicted molar refractivity (Wildman–Crippen MR) is 53.2 cm³/mol. The van der Waals surface area contributed by atoms with Gasteiger partial charge in [-0.15, -0.1) is 5.92 Å². The van der Waals surface area contributed by atoms with Crippen molar-refractivity contribution < 1.29 is 9.13 Å². The molecular weight excluding hydrogens is 181 g/mol. The van der Waals surface area contributed by atoms with Crippen molar-refractivity contribution in [2.75, 3.05) is 6.61 Å². The van der Waals surface area contributed by atoms with E-state index in [4.69, 9.17) is 10.5 Å². The highest BCUT2D eigenvalue weighted by atomic mass is 19.1. The van der Waals surface area contributed by atoms with E-state index in [2.05, 4.69) is 11.8 Å². The second-order valence-electron chi connectivity index (χ2n) is 2.68. The molecule has 0 bridgehead atoms. The average molecular weight is 193 g/mol. The number of halogens is 1. The van der Waals surface area contributed by atoms with E-state index in [-0.39, 0.29) is 12.4 Å². The summed E-state index contributed by atoms with van der Waals surface area (Å²) in [6, 6.07) is 4.67. The van der Waals surface area contributed by atoms with E-state index in [0.29, 0.717) is 6.54 Å². The zero-order chi connectivity index (χ0) is 10.4. The number of benzene rings is 1. The fourth-order valence-corrected chi connectivity index (χ4v) is 0.974. The van der Waals surface area contributed by atoms with Crippen LogP contribution in [0.3, 0.4) is 0 Å². The van der Waals surface area contributed by atoms with E-state index >= 15 is 0 Å². The first kappa shape index (κ1) is 10.6. The number of rotatable bonds is 3.